The maximum atomic E-state index is 14.0. The summed E-state index contributed by atoms with van der Waals surface area (Å²) in [6.07, 6.45) is 2.01. The number of carbonyl (C=O) groups is 2. The van der Waals surface area contributed by atoms with E-state index in [-0.39, 0.29) is 29.6 Å². The second-order valence-corrected chi connectivity index (χ2v) is 10.1. The predicted molar refractivity (Wildman–Crippen MR) is 134 cm³/mol. The minimum Gasteiger partial charge on any atom is -0.469 e. The molecule has 2 heterocycles. The van der Waals surface area contributed by atoms with E-state index >= 15 is 0 Å². The van der Waals surface area contributed by atoms with Crippen LogP contribution in [0.4, 0.5) is 0 Å². The van der Waals surface area contributed by atoms with Gasteiger partial charge in [0.15, 0.2) is 5.78 Å². The number of benzene rings is 2. The molecule has 2 aliphatic rings. The van der Waals surface area contributed by atoms with Gasteiger partial charge in [-0.25, -0.2) is 0 Å². The summed E-state index contributed by atoms with van der Waals surface area (Å²) >= 11 is 0. The topological polar surface area (TPSA) is 51.5 Å². The molecule has 1 aliphatic carbocycles. The first-order valence-corrected chi connectivity index (χ1v) is 12.4. The number of piperidine rings is 1. The number of nitrogens with zero attached hydrogens (tertiary/aromatic N) is 2. The van der Waals surface area contributed by atoms with E-state index in [0.29, 0.717) is 25.3 Å². The highest BCUT2D eigenvalue weighted by molar-refractivity contribution is 6.03. The highest BCUT2D eigenvalue weighted by Gasteiger charge is 2.49. The Labute approximate surface area is 201 Å². The van der Waals surface area contributed by atoms with Crippen molar-refractivity contribution in [2.24, 2.45) is 17.8 Å². The third-order valence-electron chi connectivity index (χ3n) is 8.20. The molecule has 2 bridgehead atoms. The number of rotatable bonds is 4. The summed E-state index contributed by atoms with van der Waals surface area (Å²) in [4.78, 5) is 29.4. The van der Waals surface area contributed by atoms with Crippen molar-refractivity contribution >= 4 is 22.7 Å². The number of likely N-dealkylation sites (tertiary alicyclic amines) is 1. The number of methoxy groups -OCH3 is 1. The molecular formula is C29H34N2O3. The van der Waals surface area contributed by atoms with Crippen molar-refractivity contribution in [2.45, 2.75) is 45.7 Å². The Kier molecular flexibility index (Phi) is 6.07. The minimum atomic E-state index is -0.287. The van der Waals surface area contributed by atoms with Gasteiger partial charge in [0, 0.05) is 36.5 Å². The predicted octanol–water partition coefficient (Wildman–Crippen LogP) is 4.87. The van der Waals surface area contributed by atoms with Gasteiger partial charge in [-0.05, 0) is 49.4 Å². The van der Waals surface area contributed by atoms with Crippen LogP contribution in [0.3, 0.4) is 0 Å². The summed E-state index contributed by atoms with van der Waals surface area (Å²) in [7, 11) is 3.59. The Hall–Kier alpha value is -2.92. The Morgan fingerprint density at radius 3 is 2.53 bits per heavy atom. The number of likely N-dealkylation sites (N-methyl/N-ethyl adjacent to an activating group) is 1. The van der Waals surface area contributed by atoms with Crippen LogP contribution in [0.2, 0.25) is 0 Å². The first-order chi connectivity index (χ1) is 16.4. The van der Waals surface area contributed by atoms with Crippen LogP contribution in [0.15, 0.2) is 48.5 Å². The lowest BCUT2D eigenvalue weighted by atomic mass is 9.67. The zero-order valence-electron chi connectivity index (χ0n) is 20.6. The monoisotopic (exact) mass is 458 g/mol. The summed E-state index contributed by atoms with van der Waals surface area (Å²) in [5.41, 5.74) is 5.39. The number of para-hydroxylation sites is 1. The molecule has 5 nitrogen and oxygen atoms in total. The number of aryl methyl sites for hydroxylation is 1. The molecule has 0 radical (unpaired) electrons. The number of ether oxygens (including phenoxy) is 1. The van der Waals surface area contributed by atoms with Gasteiger partial charge in [-0.1, -0.05) is 61.4 Å². The number of carbonyl (C=O) groups excluding carboxylic acids is 2. The lowest BCUT2D eigenvalue weighted by Crippen LogP contribution is -2.56. The van der Waals surface area contributed by atoms with E-state index in [1.165, 1.54) is 18.2 Å². The number of esters is 1. The molecule has 0 N–H and O–H groups in total. The lowest BCUT2D eigenvalue weighted by Gasteiger charge is -2.48. The van der Waals surface area contributed by atoms with Crippen molar-refractivity contribution in [1.29, 1.82) is 0 Å². The van der Waals surface area contributed by atoms with E-state index in [1.54, 1.807) is 0 Å². The normalized spacial score (nSPS) is 25.0. The summed E-state index contributed by atoms with van der Waals surface area (Å²) in [5.74, 6) is -0.0146. The molecule has 1 saturated heterocycles. The molecule has 4 atom stereocenters. The fourth-order valence-electron chi connectivity index (χ4n) is 6.43. The molecule has 0 saturated carbocycles. The Morgan fingerprint density at radius 2 is 1.82 bits per heavy atom. The number of hydrogen-bond acceptors (Lipinski definition) is 4. The summed E-state index contributed by atoms with van der Waals surface area (Å²) in [6.45, 7) is 5.82. The standard InChI is InChI=1S/C29H34N2O3/c1-5-20-17-30(3)25-14-23-21-8-6-7-9-24(21)31(16-19-12-10-18(2)11-13-19)28(23)26(32)15-22(20)27(25)29(33)34-4/h6-13,20,22,25,27H,5,14-17H2,1-4H3/t20-,22-,25+,27?/m1/s1. The molecule has 2 aromatic carbocycles. The average Bonchev–Trinajstić information content (AvgIpc) is 3.14. The number of fused-ring (bicyclic) bond motifs is 5. The Bertz CT molecular complexity index is 1230. The second kappa shape index (κ2) is 9.03. The van der Waals surface area contributed by atoms with Gasteiger partial charge in [0.2, 0.25) is 0 Å². The summed E-state index contributed by atoms with van der Waals surface area (Å²) in [5, 5.41) is 1.12. The molecule has 5 heteroatoms. The van der Waals surface area contributed by atoms with Crippen LogP contribution in [-0.2, 0) is 22.5 Å². The van der Waals surface area contributed by atoms with E-state index < -0.39 is 0 Å². The lowest BCUT2D eigenvalue weighted by molar-refractivity contribution is -0.154. The third-order valence-corrected chi connectivity index (χ3v) is 8.20. The van der Waals surface area contributed by atoms with E-state index in [9.17, 15) is 9.59 Å². The van der Waals surface area contributed by atoms with Gasteiger partial charge in [-0.3, -0.25) is 9.59 Å². The molecular weight excluding hydrogens is 424 g/mol. The quantitative estimate of drug-likeness (QED) is 0.524. The van der Waals surface area contributed by atoms with Crippen molar-refractivity contribution in [3.63, 3.8) is 0 Å². The van der Waals surface area contributed by atoms with Crippen molar-refractivity contribution in [2.75, 3.05) is 20.7 Å². The Balaban J connectivity index is 1.69. The van der Waals surface area contributed by atoms with Crippen molar-refractivity contribution in [3.05, 3.63) is 70.9 Å². The largest absolute Gasteiger partial charge is 0.469 e. The fourth-order valence-corrected chi connectivity index (χ4v) is 6.43. The van der Waals surface area contributed by atoms with Crippen LogP contribution < -0.4 is 0 Å². The summed E-state index contributed by atoms with van der Waals surface area (Å²) in [6, 6.07) is 16.9. The maximum absolute atomic E-state index is 14.0. The third kappa shape index (κ3) is 3.76. The van der Waals surface area contributed by atoms with Crippen molar-refractivity contribution in [3.8, 4) is 0 Å². The number of hydrogen-bond donors (Lipinski definition) is 0. The van der Waals surface area contributed by atoms with E-state index in [2.05, 4.69) is 66.8 Å². The molecule has 5 rings (SSSR count). The molecule has 0 spiro atoms. The van der Waals surface area contributed by atoms with E-state index in [4.69, 9.17) is 4.74 Å². The fraction of sp³-hybridized carbons (Fsp3) is 0.448. The van der Waals surface area contributed by atoms with Gasteiger partial charge in [0.1, 0.15) is 0 Å². The number of Topliss-reactive ketones (excluding diaryl/α,β-unsaturated/α-hetero) is 1. The first-order valence-electron chi connectivity index (χ1n) is 12.4. The molecule has 34 heavy (non-hydrogen) atoms. The van der Waals surface area contributed by atoms with Gasteiger partial charge in [-0.15, -0.1) is 0 Å². The van der Waals surface area contributed by atoms with Gasteiger partial charge in [-0.2, -0.15) is 0 Å². The zero-order chi connectivity index (χ0) is 24.0. The van der Waals surface area contributed by atoms with Gasteiger partial charge in [0.05, 0.1) is 18.7 Å². The minimum absolute atomic E-state index is 0.00476. The molecule has 1 fully saturated rings. The first kappa shape index (κ1) is 22.9. The smallest absolute Gasteiger partial charge is 0.310 e. The summed E-state index contributed by atoms with van der Waals surface area (Å²) < 4.78 is 7.50. The van der Waals surface area contributed by atoms with Crippen LogP contribution in [0.25, 0.3) is 10.9 Å². The molecule has 1 aromatic heterocycles. The van der Waals surface area contributed by atoms with Crippen LogP contribution in [-0.4, -0.2) is 48.0 Å². The molecule has 1 aliphatic heterocycles. The van der Waals surface area contributed by atoms with E-state index in [0.717, 1.165) is 35.1 Å². The maximum Gasteiger partial charge on any atom is 0.310 e. The number of ketones is 1. The second-order valence-electron chi connectivity index (χ2n) is 10.1. The Morgan fingerprint density at radius 1 is 1.09 bits per heavy atom. The number of aromatic nitrogens is 1. The SMILES string of the molecule is CC[C@@H]1CN(C)[C@H]2Cc3c(n(Cc4ccc(C)cc4)c4ccccc34)C(=O)C[C@H]1C2C(=O)OC. The van der Waals surface area contributed by atoms with Crippen LogP contribution >= 0.6 is 0 Å². The average molecular weight is 459 g/mol. The van der Waals surface area contributed by atoms with Gasteiger partial charge in [0.25, 0.3) is 0 Å². The molecule has 1 unspecified atom stereocenters. The zero-order valence-corrected chi connectivity index (χ0v) is 20.6. The van der Waals surface area contributed by atoms with Crippen LogP contribution in [0.5, 0.6) is 0 Å². The highest BCUT2D eigenvalue weighted by atomic mass is 16.5. The molecule has 0 amide bonds. The van der Waals surface area contributed by atoms with Crippen LogP contribution in [0.1, 0.15) is 46.9 Å². The van der Waals surface area contributed by atoms with E-state index in [1.807, 2.05) is 12.1 Å². The molecule has 178 valence electrons. The molecule has 3 aromatic rings. The van der Waals surface area contributed by atoms with Gasteiger partial charge < -0.3 is 14.2 Å². The van der Waals surface area contributed by atoms with Crippen LogP contribution in [0, 0.1) is 24.7 Å². The highest BCUT2D eigenvalue weighted by Crippen LogP contribution is 2.43. The van der Waals surface area contributed by atoms with Crippen molar-refractivity contribution < 1.29 is 14.3 Å². The van der Waals surface area contributed by atoms with Gasteiger partial charge >= 0.3 is 5.97 Å². The van der Waals surface area contributed by atoms with Crippen molar-refractivity contribution in [1.82, 2.24) is 9.47 Å².